The van der Waals surface area contributed by atoms with Gasteiger partial charge in [0.1, 0.15) is 0 Å². The molecule has 0 bridgehead atoms. The molecular formula is C22H22N+. The molecule has 1 nitrogen and oxygen atoms in total. The number of fused-ring (bicyclic) bond motifs is 3. The van der Waals surface area contributed by atoms with Gasteiger partial charge in [-0.05, 0) is 28.7 Å². The van der Waals surface area contributed by atoms with E-state index in [0.29, 0.717) is 0 Å². The fourth-order valence-corrected chi connectivity index (χ4v) is 3.31. The summed E-state index contributed by atoms with van der Waals surface area (Å²) in [5.41, 5.74) is 8.25. The average Bonchev–Trinajstić information content (AvgIpc) is 2.91. The first kappa shape index (κ1) is 14.2. The number of rotatable bonds is 1. The largest absolute Gasteiger partial charge is 0.213 e. The molecule has 0 spiro atoms. The molecule has 0 radical (unpaired) electrons. The number of hydrogen-bond donors (Lipinski definition) is 0. The van der Waals surface area contributed by atoms with Gasteiger partial charge in [-0.1, -0.05) is 63.2 Å². The van der Waals surface area contributed by atoms with E-state index in [1.807, 2.05) is 0 Å². The van der Waals surface area contributed by atoms with Crippen LogP contribution in [0.2, 0.25) is 0 Å². The second-order valence-electron chi connectivity index (χ2n) is 7.42. The average molecular weight is 300 g/mol. The second kappa shape index (κ2) is 5.06. The molecule has 1 aromatic heterocycles. The minimum absolute atomic E-state index is 0.187. The van der Waals surface area contributed by atoms with E-state index in [2.05, 4.69) is 92.2 Å². The third-order valence-corrected chi connectivity index (χ3v) is 4.72. The van der Waals surface area contributed by atoms with E-state index < -0.39 is 0 Å². The standard InChI is InChI=1S/C22H22N/c1-22(2,3)19-11-12-21-20-13-17(16-7-5-4-6-8-16)9-10-18(20)14-23(21)15-19/h4-13,15H,14H2,1-3H3/q+1. The predicted molar refractivity (Wildman–Crippen MR) is 95.3 cm³/mol. The summed E-state index contributed by atoms with van der Waals surface area (Å²) in [5, 5.41) is 0. The van der Waals surface area contributed by atoms with Crippen molar-refractivity contribution in [2.75, 3.05) is 0 Å². The second-order valence-corrected chi connectivity index (χ2v) is 7.42. The maximum absolute atomic E-state index is 2.39. The smallest absolute Gasteiger partial charge is 0.194 e. The highest BCUT2D eigenvalue weighted by atomic mass is 15.0. The van der Waals surface area contributed by atoms with Crippen LogP contribution >= 0.6 is 0 Å². The lowest BCUT2D eigenvalue weighted by Crippen LogP contribution is -2.34. The Morgan fingerprint density at radius 1 is 0.826 bits per heavy atom. The zero-order chi connectivity index (χ0) is 16.0. The molecule has 1 aliphatic heterocycles. The van der Waals surface area contributed by atoms with Crippen LogP contribution in [0.5, 0.6) is 0 Å². The maximum atomic E-state index is 2.39. The Balaban J connectivity index is 1.80. The van der Waals surface area contributed by atoms with Crippen molar-refractivity contribution in [3.8, 4) is 22.4 Å². The molecule has 0 fully saturated rings. The monoisotopic (exact) mass is 300 g/mol. The van der Waals surface area contributed by atoms with E-state index in [9.17, 15) is 0 Å². The molecule has 2 aromatic carbocycles. The van der Waals surface area contributed by atoms with Crippen LogP contribution in [-0.2, 0) is 12.0 Å². The van der Waals surface area contributed by atoms with Gasteiger partial charge in [0.25, 0.3) is 0 Å². The summed E-state index contributed by atoms with van der Waals surface area (Å²) in [7, 11) is 0. The SMILES string of the molecule is CC(C)(C)c1ccc2[n+](c1)Cc1ccc(-c3ccccc3)cc1-2. The number of hydrogen-bond acceptors (Lipinski definition) is 0. The van der Waals surface area contributed by atoms with Gasteiger partial charge in [-0.2, -0.15) is 4.57 Å². The van der Waals surface area contributed by atoms with E-state index in [0.717, 1.165) is 6.54 Å². The molecule has 0 unspecified atom stereocenters. The van der Waals surface area contributed by atoms with Crippen LogP contribution < -0.4 is 4.57 Å². The van der Waals surface area contributed by atoms with Gasteiger partial charge in [0, 0.05) is 17.2 Å². The highest BCUT2D eigenvalue weighted by Gasteiger charge is 2.28. The molecule has 0 saturated carbocycles. The van der Waals surface area contributed by atoms with E-state index in [4.69, 9.17) is 0 Å². The molecule has 0 atom stereocenters. The van der Waals surface area contributed by atoms with E-state index in [1.165, 1.54) is 33.5 Å². The lowest BCUT2D eigenvalue weighted by Gasteiger charge is -2.16. The molecule has 1 aliphatic rings. The van der Waals surface area contributed by atoms with Crippen LogP contribution in [0.1, 0.15) is 31.9 Å². The summed E-state index contributed by atoms with van der Waals surface area (Å²) in [6.45, 7) is 7.78. The topological polar surface area (TPSA) is 3.88 Å². The number of benzene rings is 2. The van der Waals surface area contributed by atoms with E-state index >= 15 is 0 Å². The van der Waals surface area contributed by atoms with Gasteiger partial charge < -0.3 is 0 Å². The summed E-state index contributed by atoms with van der Waals surface area (Å²) >= 11 is 0. The van der Waals surface area contributed by atoms with Crippen molar-refractivity contribution in [1.29, 1.82) is 0 Å². The van der Waals surface area contributed by atoms with E-state index in [1.54, 1.807) is 0 Å². The Bertz CT molecular complexity index is 870. The number of nitrogens with zero attached hydrogens (tertiary/aromatic N) is 1. The Hall–Kier alpha value is -2.41. The Kier molecular flexibility index (Phi) is 3.12. The molecule has 3 aromatic rings. The normalized spacial score (nSPS) is 12.8. The molecule has 0 N–H and O–H groups in total. The maximum Gasteiger partial charge on any atom is 0.213 e. The van der Waals surface area contributed by atoms with Crippen LogP contribution in [0.4, 0.5) is 0 Å². The lowest BCUT2D eigenvalue weighted by molar-refractivity contribution is -0.672. The Morgan fingerprint density at radius 2 is 1.61 bits per heavy atom. The summed E-state index contributed by atoms with van der Waals surface area (Å²) in [4.78, 5) is 0. The van der Waals surface area contributed by atoms with Crippen molar-refractivity contribution >= 4 is 0 Å². The van der Waals surface area contributed by atoms with E-state index in [-0.39, 0.29) is 5.41 Å². The zero-order valence-electron chi connectivity index (χ0n) is 14.0. The molecule has 0 aliphatic carbocycles. The third-order valence-electron chi connectivity index (χ3n) is 4.72. The van der Waals surface area contributed by atoms with Crippen molar-refractivity contribution in [3.63, 3.8) is 0 Å². The van der Waals surface area contributed by atoms with Crippen LogP contribution in [0.3, 0.4) is 0 Å². The molecule has 4 rings (SSSR count). The highest BCUT2D eigenvalue weighted by molar-refractivity contribution is 5.73. The van der Waals surface area contributed by atoms with Crippen molar-refractivity contribution in [3.05, 3.63) is 78.0 Å². The van der Waals surface area contributed by atoms with Crippen molar-refractivity contribution in [2.45, 2.75) is 32.7 Å². The van der Waals surface area contributed by atoms with Gasteiger partial charge in [-0.3, -0.25) is 0 Å². The first-order valence-electron chi connectivity index (χ1n) is 8.25. The summed E-state index contributed by atoms with van der Waals surface area (Å²) in [6.07, 6.45) is 2.32. The minimum Gasteiger partial charge on any atom is -0.194 e. The molecule has 2 heterocycles. The molecule has 114 valence electrons. The lowest BCUT2D eigenvalue weighted by atomic mass is 9.88. The van der Waals surface area contributed by atoms with Crippen LogP contribution in [0, 0.1) is 0 Å². The fourth-order valence-electron chi connectivity index (χ4n) is 3.31. The molecule has 0 saturated heterocycles. The van der Waals surface area contributed by atoms with Crippen molar-refractivity contribution in [2.24, 2.45) is 0 Å². The van der Waals surface area contributed by atoms with Gasteiger partial charge >= 0.3 is 0 Å². The van der Waals surface area contributed by atoms with Gasteiger partial charge in [0.05, 0.1) is 5.56 Å². The van der Waals surface area contributed by atoms with Crippen LogP contribution in [0.15, 0.2) is 66.9 Å². The Morgan fingerprint density at radius 3 is 2.35 bits per heavy atom. The zero-order valence-corrected chi connectivity index (χ0v) is 14.0. The third kappa shape index (κ3) is 2.46. The van der Waals surface area contributed by atoms with Crippen LogP contribution in [0.25, 0.3) is 22.4 Å². The Labute approximate surface area is 138 Å². The fraction of sp³-hybridized carbons (Fsp3) is 0.227. The van der Waals surface area contributed by atoms with Gasteiger partial charge in [-0.25, -0.2) is 0 Å². The molecular weight excluding hydrogens is 278 g/mol. The number of pyridine rings is 1. The minimum atomic E-state index is 0.187. The summed E-state index contributed by atoms with van der Waals surface area (Å²) < 4.78 is 2.39. The highest BCUT2D eigenvalue weighted by Crippen LogP contribution is 2.32. The van der Waals surface area contributed by atoms with Crippen molar-refractivity contribution in [1.82, 2.24) is 0 Å². The van der Waals surface area contributed by atoms with Crippen LogP contribution in [-0.4, -0.2) is 0 Å². The van der Waals surface area contributed by atoms with Gasteiger partial charge in [0.2, 0.25) is 5.69 Å². The predicted octanol–water partition coefficient (Wildman–Crippen LogP) is 4.97. The molecule has 23 heavy (non-hydrogen) atoms. The number of aromatic nitrogens is 1. The molecule has 1 heteroatoms. The quantitative estimate of drug-likeness (QED) is 0.437. The molecule has 0 amide bonds. The first-order chi connectivity index (χ1) is 11.0. The summed E-state index contributed by atoms with van der Waals surface area (Å²) in [5.74, 6) is 0. The summed E-state index contributed by atoms with van der Waals surface area (Å²) in [6, 6.07) is 22.0. The first-order valence-corrected chi connectivity index (χ1v) is 8.25. The van der Waals surface area contributed by atoms with Crippen molar-refractivity contribution < 1.29 is 4.57 Å². The van der Waals surface area contributed by atoms with Gasteiger partial charge in [0.15, 0.2) is 12.7 Å². The van der Waals surface area contributed by atoms with Gasteiger partial charge in [-0.15, -0.1) is 0 Å².